The summed E-state index contributed by atoms with van der Waals surface area (Å²) in [6.07, 6.45) is -0.215. The van der Waals surface area contributed by atoms with Crippen LogP contribution in [0.2, 0.25) is 0 Å². The fraction of sp³-hybridized carbons (Fsp3) is 0.917. The van der Waals surface area contributed by atoms with Gasteiger partial charge in [0.1, 0.15) is 0 Å². The summed E-state index contributed by atoms with van der Waals surface area (Å²) in [5.41, 5.74) is 5.33. The number of amides is 1. The van der Waals surface area contributed by atoms with E-state index in [-0.39, 0.29) is 24.7 Å². The number of rotatable bonds is 3. The number of hydrogen-bond donors (Lipinski definition) is 1. The zero-order valence-corrected chi connectivity index (χ0v) is 13.4. The summed E-state index contributed by atoms with van der Waals surface area (Å²) in [6.45, 7) is 5.86. The second-order valence-electron chi connectivity index (χ2n) is 5.57. The second-order valence-corrected chi connectivity index (χ2v) is 7.49. The predicted molar refractivity (Wildman–Crippen MR) is 77.7 cm³/mol. The molecule has 2 unspecified atom stereocenters. The molecule has 0 aromatic heterocycles. The van der Waals surface area contributed by atoms with Crippen LogP contribution in [0.1, 0.15) is 13.8 Å². The van der Waals surface area contributed by atoms with Crippen LogP contribution in [0.5, 0.6) is 0 Å². The number of nitrogens with zero attached hydrogens (tertiary/aromatic N) is 3. The molecule has 0 radical (unpaired) electrons. The Balaban J connectivity index is 1.99. The summed E-state index contributed by atoms with van der Waals surface area (Å²) in [4.78, 5) is 13.1. The molecular weight excluding hydrogens is 296 g/mol. The smallest absolute Gasteiger partial charge is 0.282 e. The van der Waals surface area contributed by atoms with Gasteiger partial charge in [-0.2, -0.15) is 17.0 Å². The molecular formula is C12H24N4O4S. The molecule has 2 fully saturated rings. The molecule has 2 heterocycles. The fourth-order valence-corrected chi connectivity index (χ4v) is 4.53. The van der Waals surface area contributed by atoms with Crippen LogP contribution in [0.25, 0.3) is 0 Å². The molecule has 0 bridgehead atoms. The summed E-state index contributed by atoms with van der Waals surface area (Å²) < 4.78 is 33.8. The van der Waals surface area contributed by atoms with E-state index in [4.69, 9.17) is 10.5 Å². The average molecular weight is 320 g/mol. The Bertz CT molecular complexity index is 466. The number of nitrogens with two attached hydrogens (primary N) is 1. The minimum atomic E-state index is -3.49. The summed E-state index contributed by atoms with van der Waals surface area (Å²) in [5.74, 6) is -0.138. The van der Waals surface area contributed by atoms with Crippen LogP contribution in [-0.4, -0.2) is 85.9 Å². The lowest BCUT2D eigenvalue weighted by Gasteiger charge is -2.40. The lowest BCUT2D eigenvalue weighted by Crippen LogP contribution is -2.58. The van der Waals surface area contributed by atoms with Gasteiger partial charge in [0, 0.05) is 39.3 Å². The fourth-order valence-electron chi connectivity index (χ4n) is 2.78. The first-order chi connectivity index (χ1) is 9.84. The molecule has 9 heteroatoms. The highest BCUT2D eigenvalue weighted by Gasteiger charge is 2.37. The molecule has 0 aromatic carbocycles. The summed E-state index contributed by atoms with van der Waals surface area (Å²) >= 11 is 0. The van der Waals surface area contributed by atoms with Crippen LogP contribution in [-0.2, 0) is 19.7 Å². The van der Waals surface area contributed by atoms with E-state index in [0.29, 0.717) is 39.3 Å². The predicted octanol–water partition coefficient (Wildman–Crippen LogP) is -1.56. The van der Waals surface area contributed by atoms with Gasteiger partial charge in [0.2, 0.25) is 5.91 Å². The summed E-state index contributed by atoms with van der Waals surface area (Å²) in [7, 11) is -3.49. The Morgan fingerprint density at radius 3 is 2.10 bits per heavy atom. The first-order valence-corrected chi connectivity index (χ1v) is 8.62. The molecule has 2 atom stereocenters. The van der Waals surface area contributed by atoms with Crippen molar-refractivity contribution >= 4 is 16.1 Å². The molecule has 2 aliphatic heterocycles. The lowest BCUT2D eigenvalue weighted by atomic mass is 10.3. The third-order valence-corrected chi connectivity index (χ3v) is 5.77. The van der Waals surface area contributed by atoms with E-state index in [1.54, 1.807) is 4.90 Å². The van der Waals surface area contributed by atoms with Crippen molar-refractivity contribution in [2.45, 2.75) is 26.1 Å². The molecule has 0 aliphatic carbocycles. The molecule has 122 valence electrons. The summed E-state index contributed by atoms with van der Waals surface area (Å²) in [6, 6.07) is 0. The molecule has 2 aliphatic rings. The molecule has 0 saturated carbocycles. The minimum absolute atomic E-state index is 0.0365. The van der Waals surface area contributed by atoms with Crippen molar-refractivity contribution in [3.8, 4) is 0 Å². The first-order valence-electron chi connectivity index (χ1n) is 7.23. The quantitative estimate of drug-likeness (QED) is 0.679. The largest absolute Gasteiger partial charge is 0.373 e. The van der Waals surface area contributed by atoms with Gasteiger partial charge in [0.25, 0.3) is 10.2 Å². The second kappa shape index (κ2) is 6.57. The van der Waals surface area contributed by atoms with Crippen LogP contribution < -0.4 is 5.73 Å². The van der Waals surface area contributed by atoms with Gasteiger partial charge in [0.15, 0.2) is 0 Å². The van der Waals surface area contributed by atoms with E-state index < -0.39 is 10.2 Å². The van der Waals surface area contributed by atoms with Crippen molar-refractivity contribution in [1.29, 1.82) is 0 Å². The van der Waals surface area contributed by atoms with Gasteiger partial charge in [0.05, 0.1) is 18.8 Å². The van der Waals surface area contributed by atoms with Gasteiger partial charge in [-0.05, 0) is 13.8 Å². The molecule has 8 nitrogen and oxygen atoms in total. The lowest BCUT2D eigenvalue weighted by molar-refractivity contribution is -0.130. The highest BCUT2D eigenvalue weighted by molar-refractivity contribution is 7.86. The van der Waals surface area contributed by atoms with Gasteiger partial charge in [-0.1, -0.05) is 0 Å². The Hall–Kier alpha value is -0.740. The van der Waals surface area contributed by atoms with Crippen molar-refractivity contribution in [2.24, 2.45) is 5.73 Å². The van der Waals surface area contributed by atoms with E-state index in [1.165, 1.54) is 8.61 Å². The zero-order chi connectivity index (χ0) is 15.6. The summed E-state index contributed by atoms with van der Waals surface area (Å²) in [5, 5.41) is 0. The maximum absolute atomic E-state index is 12.6. The Kier molecular flexibility index (Phi) is 5.20. The van der Waals surface area contributed by atoms with E-state index in [2.05, 4.69) is 0 Å². The molecule has 1 amide bonds. The standard InChI is InChI=1S/C12H24N4O4S/c1-10-8-16(9-11(2)20-10)21(18,19)15-5-3-14(4-6-15)12(17)7-13/h10-11H,3-9,13H2,1-2H3. The van der Waals surface area contributed by atoms with E-state index in [9.17, 15) is 13.2 Å². The van der Waals surface area contributed by atoms with Gasteiger partial charge in [-0.25, -0.2) is 0 Å². The molecule has 0 aromatic rings. The van der Waals surface area contributed by atoms with Crippen LogP contribution >= 0.6 is 0 Å². The monoisotopic (exact) mass is 320 g/mol. The maximum atomic E-state index is 12.6. The van der Waals surface area contributed by atoms with Crippen molar-refractivity contribution in [3.63, 3.8) is 0 Å². The van der Waals surface area contributed by atoms with Crippen LogP contribution in [0.4, 0.5) is 0 Å². The van der Waals surface area contributed by atoms with Crippen molar-refractivity contribution in [3.05, 3.63) is 0 Å². The van der Waals surface area contributed by atoms with Crippen LogP contribution in [0.15, 0.2) is 0 Å². The first kappa shape index (κ1) is 16.6. The van der Waals surface area contributed by atoms with Gasteiger partial charge in [-0.3, -0.25) is 4.79 Å². The number of ether oxygens (including phenoxy) is 1. The Morgan fingerprint density at radius 1 is 1.10 bits per heavy atom. The molecule has 2 N–H and O–H groups in total. The van der Waals surface area contributed by atoms with E-state index in [0.717, 1.165) is 0 Å². The molecule has 2 rings (SSSR count). The van der Waals surface area contributed by atoms with E-state index in [1.807, 2.05) is 13.8 Å². The number of carbonyl (C=O) groups is 1. The SMILES string of the molecule is CC1CN(S(=O)(=O)N2CCN(C(=O)CN)CC2)CC(C)O1. The molecule has 2 saturated heterocycles. The normalized spacial score (nSPS) is 29.6. The Labute approximate surface area is 126 Å². The van der Waals surface area contributed by atoms with Crippen molar-refractivity contribution < 1.29 is 17.9 Å². The van der Waals surface area contributed by atoms with Crippen LogP contribution in [0.3, 0.4) is 0 Å². The van der Waals surface area contributed by atoms with Gasteiger partial charge < -0.3 is 15.4 Å². The van der Waals surface area contributed by atoms with Crippen molar-refractivity contribution in [2.75, 3.05) is 45.8 Å². The van der Waals surface area contributed by atoms with E-state index >= 15 is 0 Å². The van der Waals surface area contributed by atoms with Gasteiger partial charge in [-0.15, -0.1) is 0 Å². The number of hydrogen-bond acceptors (Lipinski definition) is 5. The third kappa shape index (κ3) is 3.72. The molecule has 0 spiro atoms. The highest BCUT2D eigenvalue weighted by Crippen LogP contribution is 2.18. The van der Waals surface area contributed by atoms with Crippen molar-refractivity contribution in [1.82, 2.24) is 13.5 Å². The number of carbonyl (C=O) groups excluding carboxylic acids is 1. The number of piperazine rings is 1. The highest BCUT2D eigenvalue weighted by atomic mass is 32.2. The minimum Gasteiger partial charge on any atom is -0.373 e. The average Bonchev–Trinajstić information content (AvgIpc) is 2.45. The molecule has 21 heavy (non-hydrogen) atoms. The van der Waals surface area contributed by atoms with Crippen LogP contribution in [0, 0.1) is 0 Å². The third-order valence-electron chi connectivity index (χ3n) is 3.80. The zero-order valence-electron chi connectivity index (χ0n) is 12.6. The van der Waals surface area contributed by atoms with Gasteiger partial charge >= 0.3 is 0 Å². The Morgan fingerprint density at radius 2 is 1.62 bits per heavy atom. The maximum Gasteiger partial charge on any atom is 0.282 e. The number of morpholine rings is 1. The topological polar surface area (TPSA) is 96.2 Å².